The number of nitrogens with one attached hydrogen (secondary N) is 1. The zero-order valence-electron chi connectivity index (χ0n) is 18.0. The van der Waals surface area contributed by atoms with Crippen molar-refractivity contribution in [2.45, 2.75) is 20.8 Å². The van der Waals surface area contributed by atoms with Crippen molar-refractivity contribution in [2.24, 2.45) is 5.41 Å². The monoisotopic (exact) mass is 437 g/mol. The van der Waals surface area contributed by atoms with Crippen molar-refractivity contribution in [3.63, 3.8) is 0 Å². The number of nitrogens with zero attached hydrogens (tertiary/aromatic N) is 2. The van der Waals surface area contributed by atoms with Gasteiger partial charge in [-0.05, 0) is 18.2 Å². The molecule has 0 bridgehead atoms. The van der Waals surface area contributed by atoms with Crippen LogP contribution in [0.5, 0.6) is 0 Å². The number of amides is 1. The topological polar surface area (TPSA) is 88.2 Å². The summed E-state index contributed by atoms with van der Waals surface area (Å²) in [7, 11) is 2.43. The number of carbonyl (C=O) groups excluding carboxylic acids is 3. The molecule has 0 saturated carbocycles. The van der Waals surface area contributed by atoms with Gasteiger partial charge in [0.05, 0.1) is 31.0 Å². The van der Waals surface area contributed by atoms with Gasteiger partial charge in [-0.25, -0.2) is 9.59 Å². The van der Waals surface area contributed by atoms with Gasteiger partial charge in [-0.3, -0.25) is 4.79 Å². The van der Waals surface area contributed by atoms with E-state index >= 15 is 0 Å². The van der Waals surface area contributed by atoms with Gasteiger partial charge in [0.2, 0.25) is 5.91 Å². The maximum Gasteiger partial charge on any atom is 0.354 e. The van der Waals surface area contributed by atoms with Crippen LogP contribution < -0.4 is 10.2 Å². The van der Waals surface area contributed by atoms with Crippen LogP contribution in [0.25, 0.3) is 0 Å². The van der Waals surface area contributed by atoms with Crippen molar-refractivity contribution in [1.29, 1.82) is 0 Å². The highest BCUT2D eigenvalue weighted by molar-refractivity contribution is 6.33. The van der Waals surface area contributed by atoms with E-state index in [2.05, 4.69) is 19.7 Å². The maximum atomic E-state index is 12.5. The van der Waals surface area contributed by atoms with E-state index in [1.165, 1.54) is 14.2 Å². The Kier molecular flexibility index (Phi) is 7.72. The van der Waals surface area contributed by atoms with Gasteiger partial charge in [-0.2, -0.15) is 0 Å². The average Bonchev–Trinajstić information content (AvgIpc) is 2.71. The van der Waals surface area contributed by atoms with E-state index in [1.54, 1.807) is 12.1 Å². The van der Waals surface area contributed by atoms with E-state index in [4.69, 9.17) is 11.6 Å². The Labute approximate surface area is 181 Å². The number of piperazine rings is 1. The average molecular weight is 438 g/mol. The first-order valence-corrected chi connectivity index (χ1v) is 9.93. The lowest BCUT2D eigenvalue weighted by Gasteiger charge is -2.39. The molecule has 1 fully saturated rings. The van der Waals surface area contributed by atoms with E-state index in [0.717, 1.165) is 11.8 Å². The van der Waals surface area contributed by atoms with Gasteiger partial charge in [-0.1, -0.05) is 32.4 Å². The van der Waals surface area contributed by atoms with Crippen LogP contribution in [0.1, 0.15) is 20.8 Å². The number of methoxy groups -OCH3 is 2. The minimum atomic E-state index is -0.708. The predicted molar refractivity (Wildman–Crippen MR) is 115 cm³/mol. The molecular weight excluding hydrogens is 410 g/mol. The number of benzene rings is 1. The molecule has 1 aliphatic heterocycles. The largest absolute Gasteiger partial charge is 0.466 e. The van der Waals surface area contributed by atoms with Gasteiger partial charge >= 0.3 is 11.9 Å². The molecule has 1 heterocycles. The number of carbonyl (C=O) groups is 3. The summed E-state index contributed by atoms with van der Waals surface area (Å²) in [5.74, 6) is -1.26. The van der Waals surface area contributed by atoms with Gasteiger partial charge in [0.1, 0.15) is 5.70 Å². The fourth-order valence-corrected chi connectivity index (χ4v) is 3.35. The molecule has 9 heteroatoms. The van der Waals surface area contributed by atoms with Gasteiger partial charge < -0.3 is 24.6 Å². The highest BCUT2D eigenvalue weighted by Crippen LogP contribution is 2.31. The first-order chi connectivity index (χ1) is 14.1. The SMILES string of the molecule is COC(=O)/C=C(/Nc1ccc(N2CCN(C(=O)C(C)(C)C)CC2)c(Cl)c1)C(=O)OC. The highest BCUT2D eigenvalue weighted by atomic mass is 35.5. The fourth-order valence-electron chi connectivity index (χ4n) is 3.05. The molecule has 0 atom stereocenters. The summed E-state index contributed by atoms with van der Waals surface area (Å²) in [5.41, 5.74) is 0.886. The second kappa shape index (κ2) is 9.84. The van der Waals surface area contributed by atoms with Crippen molar-refractivity contribution >= 4 is 40.8 Å². The molecule has 0 aromatic heterocycles. The number of esters is 2. The summed E-state index contributed by atoms with van der Waals surface area (Å²) in [5, 5.41) is 3.32. The van der Waals surface area contributed by atoms with Gasteiger partial charge in [-0.15, -0.1) is 0 Å². The predicted octanol–water partition coefficient (Wildman–Crippen LogP) is 2.68. The van der Waals surface area contributed by atoms with E-state index in [0.29, 0.717) is 36.9 Å². The molecule has 1 amide bonds. The minimum Gasteiger partial charge on any atom is -0.466 e. The summed E-state index contributed by atoms with van der Waals surface area (Å²) in [6.07, 6.45) is 1.01. The van der Waals surface area contributed by atoms with Crippen LogP contribution in [0.2, 0.25) is 5.02 Å². The van der Waals surface area contributed by atoms with Gasteiger partial charge in [0.25, 0.3) is 0 Å². The maximum absolute atomic E-state index is 12.5. The Balaban J connectivity index is 2.10. The third-order valence-electron chi connectivity index (χ3n) is 4.64. The number of halogens is 1. The Bertz CT molecular complexity index is 840. The van der Waals surface area contributed by atoms with Gasteiger partial charge in [0, 0.05) is 37.3 Å². The third-order valence-corrected chi connectivity index (χ3v) is 4.95. The first-order valence-electron chi connectivity index (χ1n) is 9.55. The highest BCUT2D eigenvalue weighted by Gasteiger charge is 2.30. The van der Waals surface area contributed by atoms with Gasteiger partial charge in [0.15, 0.2) is 0 Å². The zero-order valence-corrected chi connectivity index (χ0v) is 18.7. The standard InChI is InChI=1S/C21H28ClN3O5/c1-21(2,3)20(28)25-10-8-24(9-11-25)17-7-6-14(12-15(17)22)23-16(19(27)30-5)13-18(26)29-4/h6-7,12-13,23H,8-11H2,1-5H3/b16-13+. The van der Waals surface area contributed by atoms with Crippen molar-refractivity contribution in [3.8, 4) is 0 Å². The van der Waals surface area contributed by atoms with E-state index in [9.17, 15) is 14.4 Å². The Hall–Kier alpha value is -2.74. The van der Waals surface area contributed by atoms with Crippen molar-refractivity contribution in [1.82, 2.24) is 4.90 Å². The molecule has 2 rings (SSSR count). The van der Waals surface area contributed by atoms with Crippen molar-refractivity contribution in [2.75, 3.05) is 50.6 Å². The number of ether oxygens (including phenoxy) is 2. The second-order valence-corrected chi connectivity index (χ2v) is 8.30. The Morgan fingerprint density at radius 2 is 1.70 bits per heavy atom. The second-order valence-electron chi connectivity index (χ2n) is 7.89. The molecule has 1 N–H and O–H groups in total. The zero-order chi connectivity index (χ0) is 22.5. The minimum absolute atomic E-state index is 0.0672. The molecule has 1 aromatic rings. The molecule has 1 aliphatic rings. The quantitative estimate of drug-likeness (QED) is 0.559. The smallest absolute Gasteiger partial charge is 0.354 e. The molecular formula is C21H28ClN3O5. The Morgan fingerprint density at radius 3 is 2.20 bits per heavy atom. The van der Waals surface area contributed by atoms with Crippen molar-refractivity contribution < 1.29 is 23.9 Å². The van der Waals surface area contributed by atoms with Crippen LogP contribution in [0.3, 0.4) is 0 Å². The summed E-state index contributed by atoms with van der Waals surface area (Å²) >= 11 is 6.47. The number of hydrogen-bond acceptors (Lipinski definition) is 7. The normalized spacial score (nSPS) is 14.9. The van der Waals surface area contributed by atoms with E-state index in [-0.39, 0.29) is 11.6 Å². The van der Waals surface area contributed by atoms with Crippen LogP contribution in [0.4, 0.5) is 11.4 Å². The summed E-state index contributed by atoms with van der Waals surface area (Å²) in [6.45, 7) is 8.35. The number of hydrogen-bond donors (Lipinski definition) is 1. The van der Waals surface area contributed by atoms with Crippen molar-refractivity contribution in [3.05, 3.63) is 35.0 Å². The Morgan fingerprint density at radius 1 is 1.07 bits per heavy atom. The molecule has 1 saturated heterocycles. The summed E-state index contributed by atoms with van der Waals surface area (Å²) < 4.78 is 9.24. The van der Waals surface area contributed by atoms with Crippen LogP contribution in [-0.4, -0.2) is 63.1 Å². The molecule has 30 heavy (non-hydrogen) atoms. The lowest BCUT2D eigenvalue weighted by atomic mass is 9.94. The molecule has 1 aromatic carbocycles. The molecule has 0 radical (unpaired) electrons. The molecule has 164 valence electrons. The lowest BCUT2D eigenvalue weighted by Crippen LogP contribution is -2.51. The van der Waals surface area contributed by atoms with Crippen LogP contribution >= 0.6 is 11.6 Å². The summed E-state index contributed by atoms with van der Waals surface area (Å²) in [4.78, 5) is 39.8. The van der Waals surface area contributed by atoms with Crippen LogP contribution in [0, 0.1) is 5.41 Å². The fraction of sp³-hybridized carbons (Fsp3) is 0.476. The van der Waals surface area contributed by atoms with E-state index < -0.39 is 17.4 Å². The molecule has 0 aliphatic carbocycles. The van der Waals surface area contributed by atoms with Crippen LogP contribution in [-0.2, 0) is 23.9 Å². The summed E-state index contributed by atoms with van der Waals surface area (Å²) in [6, 6.07) is 5.25. The number of anilines is 2. The molecule has 0 unspecified atom stereocenters. The number of rotatable bonds is 5. The molecule has 0 spiro atoms. The molecule has 8 nitrogen and oxygen atoms in total. The first kappa shape index (κ1) is 23.5. The lowest BCUT2D eigenvalue weighted by molar-refractivity contribution is -0.139. The third kappa shape index (κ3) is 5.89. The van der Waals surface area contributed by atoms with Crippen LogP contribution in [0.15, 0.2) is 30.0 Å². The van der Waals surface area contributed by atoms with E-state index in [1.807, 2.05) is 31.7 Å².